The number of aromatic nitrogens is 1. The van der Waals surface area contributed by atoms with Gasteiger partial charge < -0.3 is 9.47 Å². The van der Waals surface area contributed by atoms with Crippen molar-refractivity contribution in [3.8, 4) is 11.5 Å². The van der Waals surface area contributed by atoms with Crippen LogP contribution in [-0.2, 0) is 0 Å². The summed E-state index contributed by atoms with van der Waals surface area (Å²) in [7, 11) is 2.99. The Kier molecular flexibility index (Phi) is 5.24. The molecule has 0 saturated carbocycles. The number of halogens is 3. The number of fused-ring (bicyclic) bond motifs is 1. The molecule has 0 aliphatic heterocycles. The number of hydrogen-bond acceptors (Lipinski definition) is 5. The van der Waals surface area contributed by atoms with E-state index in [2.05, 4.69) is 10.3 Å². The van der Waals surface area contributed by atoms with Crippen molar-refractivity contribution >= 4 is 67.4 Å². The number of nitrogens with one attached hydrogen (secondary N) is 1. The molecule has 0 saturated heterocycles. The molecular weight excluding hydrogens is 407 g/mol. The Bertz CT molecular complexity index is 952. The molecule has 1 aromatic heterocycles. The van der Waals surface area contributed by atoms with Crippen molar-refractivity contribution in [1.82, 2.24) is 4.98 Å². The maximum Gasteiger partial charge on any atom is 0.257 e. The summed E-state index contributed by atoms with van der Waals surface area (Å²) in [6, 6.07) is 6.42. The number of anilines is 1. The molecule has 25 heavy (non-hydrogen) atoms. The summed E-state index contributed by atoms with van der Waals surface area (Å²) in [5.41, 5.74) is 0.961. The molecule has 1 heterocycles. The molecule has 0 atom stereocenters. The summed E-state index contributed by atoms with van der Waals surface area (Å²) in [6.45, 7) is 0. The number of nitrogens with zero attached hydrogens (tertiary/aromatic N) is 1. The third kappa shape index (κ3) is 3.62. The minimum atomic E-state index is -0.386. The van der Waals surface area contributed by atoms with Crippen molar-refractivity contribution in [2.75, 3.05) is 19.5 Å². The van der Waals surface area contributed by atoms with Gasteiger partial charge in [0.2, 0.25) is 0 Å². The Labute approximate surface area is 162 Å². The van der Waals surface area contributed by atoms with E-state index in [0.717, 1.165) is 4.70 Å². The molecule has 1 N–H and O–H groups in total. The Morgan fingerprint density at radius 3 is 2.32 bits per heavy atom. The van der Waals surface area contributed by atoms with Crippen LogP contribution < -0.4 is 14.8 Å². The number of methoxy groups -OCH3 is 2. The quantitative estimate of drug-likeness (QED) is 0.606. The van der Waals surface area contributed by atoms with Crippen LogP contribution in [0.1, 0.15) is 10.4 Å². The first-order valence-corrected chi connectivity index (χ1v) is 8.86. The fourth-order valence-electron chi connectivity index (χ4n) is 2.19. The molecule has 9 heteroatoms. The molecule has 0 aliphatic carbocycles. The van der Waals surface area contributed by atoms with Gasteiger partial charge in [-0.2, -0.15) is 0 Å². The molecule has 5 nitrogen and oxygen atoms in total. The molecule has 0 spiro atoms. The minimum absolute atomic E-state index is 0.251. The number of carbonyl (C=O) groups is 1. The number of ether oxygens (including phenoxy) is 2. The van der Waals surface area contributed by atoms with Gasteiger partial charge in [0, 0.05) is 11.6 Å². The smallest absolute Gasteiger partial charge is 0.257 e. The summed E-state index contributed by atoms with van der Waals surface area (Å²) in [6.07, 6.45) is 0. The number of benzene rings is 2. The van der Waals surface area contributed by atoms with Crippen LogP contribution >= 0.6 is 46.1 Å². The maximum absolute atomic E-state index is 12.4. The molecule has 130 valence electrons. The van der Waals surface area contributed by atoms with Gasteiger partial charge in [-0.15, -0.1) is 0 Å². The van der Waals surface area contributed by atoms with E-state index < -0.39 is 0 Å². The largest absolute Gasteiger partial charge is 0.495 e. The van der Waals surface area contributed by atoms with Crippen LogP contribution in [0.25, 0.3) is 10.2 Å². The highest BCUT2D eigenvalue weighted by atomic mass is 35.5. The number of carbonyl (C=O) groups excluding carboxylic acids is 1. The normalized spacial score (nSPS) is 10.8. The zero-order valence-corrected chi connectivity index (χ0v) is 16.1. The monoisotopic (exact) mass is 416 g/mol. The van der Waals surface area contributed by atoms with Gasteiger partial charge in [-0.1, -0.05) is 46.1 Å². The Morgan fingerprint density at radius 2 is 1.72 bits per heavy atom. The van der Waals surface area contributed by atoms with E-state index >= 15 is 0 Å². The van der Waals surface area contributed by atoms with Crippen molar-refractivity contribution in [3.05, 3.63) is 44.9 Å². The Balaban J connectivity index is 1.89. The topological polar surface area (TPSA) is 60.5 Å². The highest BCUT2D eigenvalue weighted by molar-refractivity contribution is 7.22. The van der Waals surface area contributed by atoms with Crippen LogP contribution in [0.3, 0.4) is 0 Å². The molecule has 0 fully saturated rings. The molecule has 3 aromatic rings. The van der Waals surface area contributed by atoms with E-state index in [1.165, 1.54) is 37.7 Å². The Morgan fingerprint density at radius 1 is 1.04 bits per heavy atom. The molecule has 0 radical (unpaired) electrons. The number of rotatable bonds is 4. The molecular formula is C16H11Cl3N2O3S. The summed E-state index contributed by atoms with van der Waals surface area (Å²) in [4.78, 5) is 16.8. The first-order chi connectivity index (χ1) is 11.9. The summed E-state index contributed by atoms with van der Waals surface area (Å²) >= 11 is 19.5. The van der Waals surface area contributed by atoms with Crippen molar-refractivity contribution in [3.63, 3.8) is 0 Å². The van der Waals surface area contributed by atoms with Gasteiger partial charge in [0.15, 0.2) is 10.9 Å². The lowest BCUT2D eigenvalue weighted by Crippen LogP contribution is -2.11. The second-order valence-electron chi connectivity index (χ2n) is 4.90. The van der Waals surface area contributed by atoms with E-state index in [1.807, 2.05) is 0 Å². The lowest BCUT2D eigenvalue weighted by molar-refractivity contribution is 0.102. The van der Waals surface area contributed by atoms with Crippen LogP contribution in [0.15, 0.2) is 24.3 Å². The third-order valence-corrected chi connectivity index (χ3v) is 5.14. The van der Waals surface area contributed by atoms with E-state index in [4.69, 9.17) is 44.3 Å². The molecule has 0 aliphatic rings. The predicted octanol–water partition coefficient (Wildman–Crippen LogP) is 5.53. The van der Waals surface area contributed by atoms with Gasteiger partial charge in [0.05, 0.1) is 39.5 Å². The second kappa shape index (κ2) is 7.25. The van der Waals surface area contributed by atoms with Crippen molar-refractivity contribution < 1.29 is 14.3 Å². The van der Waals surface area contributed by atoms with Gasteiger partial charge in [0.25, 0.3) is 5.91 Å². The van der Waals surface area contributed by atoms with E-state index in [-0.39, 0.29) is 16.0 Å². The van der Waals surface area contributed by atoms with Crippen LogP contribution in [0.2, 0.25) is 15.1 Å². The summed E-state index contributed by atoms with van der Waals surface area (Å²) < 4.78 is 11.1. The second-order valence-corrected chi connectivity index (χ2v) is 7.15. The van der Waals surface area contributed by atoms with Crippen molar-refractivity contribution in [2.45, 2.75) is 0 Å². The Hall–Kier alpha value is -1.73. The molecule has 3 rings (SSSR count). The fraction of sp³-hybridized carbons (Fsp3) is 0.125. The van der Waals surface area contributed by atoms with E-state index in [0.29, 0.717) is 32.7 Å². The van der Waals surface area contributed by atoms with Crippen molar-refractivity contribution in [1.29, 1.82) is 0 Å². The highest BCUT2D eigenvalue weighted by Crippen LogP contribution is 2.36. The molecule has 0 unspecified atom stereocenters. The average molecular weight is 418 g/mol. The van der Waals surface area contributed by atoms with Crippen LogP contribution in [-0.4, -0.2) is 25.1 Å². The number of thiazole rings is 1. The average Bonchev–Trinajstić information content (AvgIpc) is 2.94. The minimum Gasteiger partial charge on any atom is -0.495 e. The highest BCUT2D eigenvalue weighted by Gasteiger charge is 2.16. The summed E-state index contributed by atoms with van der Waals surface area (Å²) in [5.74, 6) is 0.481. The first kappa shape index (κ1) is 18.1. The molecule has 0 bridgehead atoms. The summed E-state index contributed by atoms with van der Waals surface area (Å²) in [5, 5.41) is 4.10. The van der Waals surface area contributed by atoms with Crippen LogP contribution in [0, 0.1) is 0 Å². The molecule has 1 amide bonds. The number of amides is 1. The maximum atomic E-state index is 12.4. The predicted molar refractivity (Wildman–Crippen MR) is 102 cm³/mol. The van der Waals surface area contributed by atoms with Gasteiger partial charge >= 0.3 is 0 Å². The van der Waals surface area contributed by atoms with Gasteiger partial charge in [-0.25, -0.2) is 4.98 Å². The lowest BCUT2D eigenvalue weighted by atomic mass is 10.2. The number of hydrogen-bond donors (Lipinski definition) is 1. The zero-order valence-electron chi connectivity index (χ0n) is 13.0. The van der Waals surface area contributed by atoms with Gasteiger partial charge in [-0.3, -0.25) is 10.1 Å². The van der Waals surface area contributed by atoms with Crippen LogP contribution in [0.4, 0.5) is 5.13 Å². The van der Waals surface area contributed by atoms with Crippen LogP contribution in [0.5, 0.6) is 11.5 Å². The first-order valence-electron chi connectivity index (χ1n) is 6.91. The molecule has 2 aromatic carbocycles. The van der Waals surface area contributed by atoms with Crippen molar-refractivity contribution in [2.24, 2.45) is 0 Å². The zero-order chi connectivity index (χ0) is 18.1. The van der Waals surface area contributed by atoms with E-state index in [1.54, 1.807) is 12.1 Å². The standard InChI is InChI=1S/C16H11Cl3N2O3S/c1-23-12-6-13-11(5-8(12)17)20-16(25-13)21-15(22)7-3-9(18)14(24-2)10(19)4-7/h3-6H,1-2H3,(H,20,21,22). The fourth-order valence-corrected chi connectivity index (χ4v) is 3.94. The third-order valence-electron chi connectivity index (χ3n) is 3.35. The van der Waals surface area contributed by atoms with Gasteiger partial charge in [0.1, 0.15) is 5.75 Å². The lowest BCUT2D eigenvalue weighted by Gasteiger charge is -2.08. The van der Waals surface area contributed by atoms with E-state index in [9.17, 15) is 4.79 Å². The SMILES string of the molecule is COc1cc2sc(NC(=O)c3cc(Cl)c(OC)c(Cl)c3)nc2cc1Cl. The van der Waals surface area contributed by atoms with Gasteiger partial charge in [-0.05, 0) is 18.2 Å².